The van der Waals surface area contributed by atoms with Gasteiger partial charge in [0.1, 0.15) is 5.54 Å². The lowest BCUT2D eigenvalue weighted by molar-refractivity contribution is -0.147. The molecule has 1 heterocycles. The van der Waals surface area contributed by atoms with Crippen molar-refractivity contribution in [3.05, 3.63) is 48.6 Å². The van der Waals surface area contributed by atoms with Crippen LogP contribution >= 0.6 is 0 Å². The Morgan fingerprint density at radius 3 is 2.80 bits per heavy atom. The van der Waals surface area contributed by atoms with E-state index >= 15 is 0 Å². The van der Waals surface area contributed by atoms with E-state index in [2.05, 4.69) is 17.2 Å². The van der Waals surface area contributed by atoms with Crippen molar-refractivity contribution < 1.29 is 19.1 Å². The largest absolute Gasteiger partial charge is 0.467 e. The highest BCUT2D eigenvalue weighted by atomic mass is 16.5. The molecule has 0 radical (unpaired) electrons. The maximum Gasteiger partial charge on any atom is 0.332 e. The molecule has 134 valence electrons. The lowest BCUT2D eigenvalue weighted by Crippen LogP contribution is -2.51. The van der Waals surface area contributed by atoms with Crippen LogP contribution in [0.2, 0.25) is 0 Å². The van der Waals surface area contributed by atoms with Gasteiger partial charge in [0.15, 0.2) is 0 Å². The molecule has 25 heavy (non-hydrogen) atoms. The van der Waals surface area contributed by atoms with Gasteiger partial charge in [-0.2, -0.15) is 0 Å². The fourth-order valence-corrected chi connectivity index (χ4v) is 3.31. The molecular formula is C19H24N2O4. The summed E-state index contributed by atoms with van der Waals surface area (Å²) in [6.45, 7) is 4.84. The number of methoxy groups -OCH3 is 1. The summed E-state index contributed by atoms with van der Waals surface area (Å²) >= 11 is 0. The van der Waals surface area contributed by atoms with Crippen LogP contribution in [0.3, 0.4) is 0 Å². The highest BCUT2D eigenvalue weighted by Gasteiger charge is 2.61. The Bertz CT molecular complexity index is 648. The summed E-state index contributed by atoms with van der Waals surface area (Å²) in [5.74, 6) is -0.684. The first-order valence-corrected chi connectivity index (χ1v) is 8.51. The topological polar surface area (TPSA) is 76.7 Å². The molecule has 2 N–H and O–H groups in total. The van der Waals surface area contributed by atoms with Gasteiger partial charge in [0.25, 0.3) is 0 Å². The molecule has 1 aliphatic carbocycles. The Labute approximate surface area is 147 Å². The van der Waals surface area contributed by atoms with Crippen LogP contribution in [0.25, 0.3) is 0 Å². The molecule has 1 aromatic carbocycles. The molecule has 4 atom stereocenters. The van der Waals surface area contributed by atoms with Gasteiger partial charge >= 0.3 is 5.97 Å². The van der Waals surface area contributed by atoms with Crippen LogP contribution in [0.1, 0.15) is 18.4 Å². The molecule has 1 aliphatic heterocycles. The van der Waals surface area contributed by atoms with Gasteiger partial charge in [-0.05, 0) is 18.4 Å². The lowest BCUT2D eigenvalue weighted by atomic mass is 10.1. The molecule has 0 aromatic heterocycles. The third kappa shape index (κ3) is 3.75. The average molecular weight is 344 g/mol. The Kier molecular flexibility index (Phi) is 5.20. The number of ether oxygens (including phenoxy) is 2. The van der Waals surface area contributed by atoms with Crippen molar-refractivity contribution in [3.8, 4) is 0 Å². The number of carbonyl (C=O) groups excluding carboxylic acids is 2. The third-order valence-electron chi connectivity index (χ3n) is 4.93. The van der Waals surface area contributed by atoms with Crippen molar-refractivity contribution in [2.24, 2.45) is 5.92 Å². The quantitative estimate of drug-likeness (QED) is 0.574. The number of benzene rings is 1. The summed E-state index contributed by atoms with van der Waals surface area (Å²) in [5, 5.41) is 6.02. The van der Waals surface area contributed by atoms with E-state index in [0.29, 0.717) is 26.0 Å². The van der Waals surface area contributed by atoms with E-state index in [1.807, 2.05) is 30.3 Å². The predicted octanol–water partition coefficient (Wildman–Crippen LogP) is 1.17. The summed E-state index contributed by atoms with van der Waals surface area (Å²) in [7, 11) is 1.33. The Morgan fingerprint density at radius 2 is 2.16 bits per heavy atom. The zero-order valence-corrected chi connectivity index (χ0v) is 14.4. The number of carbonyl (C=O) groups is 2. The molecule has 1 saturated heterocycles. The van der Waals surface area contributed by atoms with E-state index in [4.69, 9.17) is 9.47 Å². The van der Waals surface area contributed by atoms with Crippen molar-refractivity contribution in [1.29, 1.82) is 0 Å². The van der Waals surface area contributed by atoms with Crippen LogP contribution in [-0.4, -0.2) is 43.2 Å². The van der Waals surface area contributed by atoms with E-state index in [1.54, 1.807) is 6.08 Å². The Hall–Kier alpha value is -2.18. The lowest BCUT2D eigenvalue weighted by Gasteiger charge is -2.19. The van der Waals surface area contributed by atoms with Gasteiger partial charge < -0.3 is 20.1 Å². The molecule has 6 nitrogen and oxygen atoms in total. The molecule has 2 aliphatic rings. The smallest absolute Gasteiger partial charge is 0.332 e. The van der Waals surface area contributed by atoms with Gasteiger partial charge in [-0.1, -0.05) is 36.4 Å². The van der Waals surface area contributed by atoms with Crippen LogP contribution in [-0.2, 0) is 25.7 Å². The van der Waals surface area contributed by atoms with Crippen LogP contribution in [0.4, 0.5) is 0 Å². The molecule has 1 unspecified atom stereocenters. The predicted molar refractivity (Wildman–Crippen MR) is 92.6 cm³/mol. The first kappa shape index (κ1) is 17.6. The molecule has 6 heteroatoms. The second-order valence-corrected chi connectivity index (χ2v) is 6.61. The SMILES string of the molecule is C=CC1C[C@]1(NC(=O)[C@@H]1C[C@@H](OCc2ccccc2)CN1)C(=O)OC. The molecule has 2 fully saturated rings. The van der Waals surface area contributed by atoms with Gasteiger partial charge in [0, 0.05) is 12.5 Å². The van der Waals surface area contributed by atoms with Gasteiger partial charge in [0.05, 0.1) is 25.9 Å². The van der Waals surface area contributed by atoms with Crippen LogP contribution in [0.5, 0.6) is 0 Å². The van der Waals surface area contributed by atoms with Crippen molar-refractivity contribution in [2.75, 3.05) is 13.7 Å². The summed E-state index contributed by atoms with van der Waals surface area (Å²) < 4.78 is 10.7. The molecule has 1 saturated carbocycles. The normalized spacial score (nSPS) is 30.5. The molecule has 0 bridgehead atoms. The molecule has 3 rings (SSSR count). The minimum absolute atomic E-state index is 0.0283. The van der Waals surface area contributed by atoms with E-state index in [-0.39, 0.29) is 24.0 Å². The van der Waals surface area contributed by atoms with E-state index < -0.39 is 11.5 Å². The fourth-order valence-electron chi connectivity index (χ4n) is 3.31. The number of hydrogen-bond donors (Lipinski definition) is 2. The summed E-state index contributed by atoms with van der Waals surface area (Å²) in [5.41, 5.74) is 0.157. The molecule has 1 aromatic rings. The maximum atomic E-state index is 12.5. The van der Waals surface area contributed by atoms with Gasteiger partial charge in [-0.25, -0.2) is 4.79 Å². The van der Waals surface area contributed by atoms with Crippen molar-refractivity contribution in [2.45, 2.75) is 37.1 Å². The van der Waals surface area contributed by atoms with Crippen molar-refractivity contribution in [1.82, 2.24) is 10.6 Å². The van der Waals surface area contributed by atoms with Crippen LogP contribution in [0, 0.1) is 5.92 Å². The first-order chi connectivity index (χ1) is 12.1. The second-order valence-electron chi connectivity index (χ2n) is 6.61. The summed E-state index contributed by atoms with van der Waals surface area (Å²) in [6, 6.07) is 9.56. The monoisotopic (exact) mass is 344 g/mol. The van der Waals surface area contributed by atoms with E-state index in [0.717, 1.165) is 5.56 Å². The standard InChI is InChI=1S/C19H24N2O4/c1-3-14-10-19(14,18(23)24-2)21-17(22)16-9-15(11-20-16)25-12-13-7-5-4-6-8-13/h3-8,14-16,20H,1,9-12H2,2H3,(H,21,22)/t14?,15-,16+,19-/m1/s1. The Balaban J connectivity index is 1.51. The summed E-state index contributed by atoms with van der Waals surface area (Å²) in [4.78, 5) is 24.5. The minimum atomic E-state index is -0.946. The number of nitrogens with one attached hydrogen (secondary N) is 2. The van der Waals surface area contributed by atoms with E-state index in [9.17, 15) is 9.59 Å². The zero-order chi connectivity index (χ0) is 17.9. The van der Waals surface area contributed by atoms with Crippen LogP contribution < -0.4 is 10.6 Å². The second kappa shape index (κ2) is 7.37. The molecule has 1 amide bonds. The number of amides is 1. The van der Waals surface area contributed by atoms with E-state index in [1.165, 1.54) is 7.11 Å². The van der Waals surface area contributed by atoms with Gasteiger partial charge in [-0.15, -0.1) is 6.58 Å². The highest BCUT2D eigenvalue weighted by Crippen LogP contribution is 2.45. The molecular weight excluding hydrogens is 320 g/mol. The number of hydrogen-bond acceptors (Lipinski definition) is 5. The zero-order valence-electron chi connectivity index (χ0n) is 14.4. The first-order valence-electron chi connectivity index (χ1n) is 8.51. The number of esters is 1. The van der Waals surface area contributed by atoms with Gasteiger partial charge in [-0.3, -0.25) is 4.79 Å². The highest BCUT2D eigenvalue weighted by molar-refractivity contribution is 5.93. The maximum absolute atomic E-state index is 12.5. The fraction of sp³-hybridized carbons (Fsp3) is 0.474. The van der Waals surface area contributed by atoms with Crippen molar-refractivity contribution in [3.63, 3.8) is 0 Å². The minimum Gasteiger partial charge on any atom is -0.467 e. The van der Waals surface area contributed by atoms with Gasteiger partial charge in [0.2, 0.25) is 5.91 Å². The average Bonchev–Trinajstić information content (AvgIpc) is 3.14. The number of rotatable bonds is 7. The summed E-state index contributed by atoms with van der Waals surface area (Å²) in [6.07, 6.45) is 2.77. The Morgan fingerprint density at radius 1 is 1.40 bits per heavy atom. The molecule has 0 spiro atoms. The van der Waals surface area contributed by atoms with Crippen LogP contribution in [0.15, 0.2) is 43.0 Å². The third-order valence-corrected chi connectivity index (χ3v) is 4.93. The van der Waals surface area contributed by atoms with Crippen molar-refractivity contribution >= 4 is 11.9 Å².